The molecule has 1 aliphatic carbocycles. The molecule has 234 valence electrons. The third kappa shape index (κ3) is 9.74. The van der Waals surface area contributed by atoms with Crippen LogP contribution in [0.4, 0.5) is 0 Å². The van der Waals surface area contributed by atoms with Crippen molar-refractivity contribution in [3.63, 3.8) is 0 Å². The molecule has 0 amide bonds. The zero-order chi connectivity index (χ0) is 33.3. The van der Waals surface area contributed by atoms with Gasteiger partial charge in [-0.25, -0.2) is 0 Å². The summed E-state index contributed by atoms with van der Waals surface area (Å²) in [6, 6.07) is 15.0. The molecule has 1 aliphatic rings. The first-order chi connectivity index (χ1) is 22.4. The summed E-state index contributed by atoms with van der Waals surface area (Å²) in [7, 11) is 0. The molecule has 0 fully saturated rings. The van der Waals surface area contributed by atoms with Crippen LogP contribution in [0, 0.1) is 11.3 Å². The van der Waals surface area contributed by atoms with Gasteiger partial charge in [0, 0.05) is 12.1 Å². The predicted molar refractivity (Wildman–Crippen MR) is 206 cm³/mol. The van der Waals surface area contributed by atoms with Gasteiger partial charge in [-0.1, -0.05) is 155 Å². The van der Waals surface area contributed by atoms with E-state index in [2.05, 4.69) is 132 Å². The monoisotopic (exact) mass is 603 g/mol. The average Bonchev–Trinajstić information content (AvgIpc) is 3.09. The van der Waals surface area contributed by atoms with Crippen LogP contribution in [0.3, 0.4) is 0 Å². The highest BCUT2D eigenvalue weighted by atomic mass is 14.3. The van der Waals surface area contributed by atoms with Gasteiger partial charge in [0.15, 0.2) is 0 Å². The van der Waals surface area contributed by atoms with Crippen LogP contribution in [0.1, 0.15) is 56.2 Å². The van der Waals surface area contributed by atoms with Crippen molar-refractivity contribution < 1.29 is 0 Å². The van der Waals surface area contributed by atoms with Crippen LogP contribution in [-0.2, 0) is 6.42 Å². The van der Waals surface area contributed by atoms with E-state index in [4.69, 9.17) is 5.41 Å². The molecule has 1 heteroatoms. The Morgan fingerprint density at radius 3 is 2.43 bits per heavy atom. The van der Waals surface area contributed by atoms with Crippen LogP contribution in [0.25, 0.3) is 23.3 Å². The molecule has 1 atom stereocenters. The average molecular weight is 604 g/mol. The molecule has 0 saturated carbocycles. The van der Waals surface area contributed by atoms with Crippen molar-refractivity contribution >= 4 is 18.4 Å². The molecule has 2 aromatic rings. The SMILES string of the molecule is C=CCC(C=N)/C=C/C=C(C=C)/C(=C/C(=C)C1=CCCC(C(/C=C\CC)=C/C)=C1)Cc1ccc(-c2cccc(C=C)c2C=C)cc1. The first-order valence-electron chi connectivity index (χ1n) is 16.2. The standard InChI is InChI=1S/C45H49N/c1-8-14-20-37(10-3)42-24-16-23-41(32-42)34(7)30-43(38(11-4)21-15-19-36(33-46)18-9-2)31-35-26-28-40(29-27-35)45-25-17-22-39(12-5)44(45)13-6/h9-15,17,19-23,25-30,32-33,36,46H,2,4-8,16,18,24,31H2,1,3H3/b19-15+,20-14-,37-10+,38-21+,43-30+,46-33?. The molecule has 0 heterocycles. The third-order valence-electron chi connectivity index (χ3n) is 8.14. The van der Waals surface area contributed by atoms with Crippen LogP contribution in [0.5, 0.6) is 0 Å². The van der Waals surface area contributed by atoms with Gasteiger partial charge in [-0.15, -0.1) is 6.58 Å². The zero-order valence-electron chi connectivity index (χ0n) is 27.8. The molecule has 2 aromatic carbocycles. The van der Waals surface area contributed by atoms with Crippen LogP contribution in [0.2, 0.25) is 0 Å². The number of nitrogens with one attached hydrogen (secondary N) is 1. The summed E-state index contributed by atoms with van der Waals surface area (Å²) in [5.74, 6) is 0.0216. The van der Waals surface area contributed by atoms with Crippen molar-refractivity contribution in [1.82, 2.24) is 0 Å². The van der Waals surface area contributed by atoms with Crippen molar-refractivity contribution in [2.24, 2.45) is 5.92 Å². The van der Waals surface area contributed by atoms with E-state index in [0.717, 1.165) is 76.7 Å². The van der Waals surface area contributed by atoms with Crippen molar-refractivity contribution in [2.45, 2.75) is 46.0 Å². The quantitative estimate of drug-likeness (QED) is 0.106. The third-order valence-corrected chi connectivity index (χ3v) is 8.14. The van der Waals surface area contributed by atoms with Gasteiger partial charge in [-0.2, -0.15) is 0 Å². The van der Waals surface area contributed by atoms with E-state index in [1.807, 2.05) is 36.5 Å². The second kappa shape index (κ2) is 18.7. The van der Waals surface area contributed by atoms with Crippen molar-refractivity contribution in [3.05, 3.63) is 192 Å². The van der Waals surface area contributed by atoms with Gasteiger partial charge >= 0.3 is 0 Å². The Balaban J connectivity index is 2.02. The van der Waals surface area contributed by atoms with E-state index in [1.54, 1.807) is 0 Å². The van der Waals surface area contributed by atoms with Crippen molar-refractivity contribution in [3.8, 4) is 11.1 Å². The first-order valence-corrected chi connectivity index (χ1v) is 16.2. The van der Waals surface area contributed by atoms with Gasteiger partial charge in [0.25, 0.3) is 0 Å². The van der Waals surface area contributed by atoms with Crippen LogP contribution in [0.15, 0.2) is 176 Å². The molecule has 0 aliphatic heterocycles. The molecule has 3 rings (SSSR count). The highest BCUT2D eigenvalue weighted by Crippen LogP contribution is 2.31. The summed E-state index contributed by atoms with van der Waals surface area (Å²) in [5, 5.41) is 7.74. The number of rotatable bonds is 17. The molecule has 1 nitrogen and oxygen atoms in total. The topological polar surface area (TPSA) is 23.9 Å². The summed E-state index contributed by atoms with van der Waals surface area (Å²) in [6.07, 6.45) is 33.0. The normalized spacial score (nSPS) is 14.9. The molecular formula is C45H49N. The Kier molecular flexibility index (Phi) is 14.4. The molecule has 46 heavy (non-hydrogen) atoms. The smallest absolute Gasteiger partial charge is 0.0152 e. The van der Waals surface area contributed by atoms with Crippen LogP contribution < -0.4 is 0 Å². The lowest BCUT2D eigenvalue weighted by molar-refractivity contribution is 0.896. The minimum absolute atomic E-state index is 0.0216. The maximum atomic E-state index is 7.74. The van der Waals surface area contributed by atoms with E-state index in [9.17, 15) is 0 Å². The summed E-state index contributed by atoms with van der Waals surface area (Å²) >= 11 is 0. The van der Waals surface area contributed by atoms with E-state index in [1.165, 1.54) is 22.9 Å². The zero-order valence-corrected chi connectivity index (χ0v) is 27.8. The lowest BCUT2D eigenvalue weighted by Crippen LogP contribution is -1.99. The number of hydrogen-bond donors (Lipinski definition) is 1. The van der Waals surface area contributed by atoms with E-state index in [-0.39, 0.29) is 5.92 Å². The summed E-state index contributed by atoms with van der Waals surface area (Å²) in [6.45, 7) is 24.8. The number of hydrogen-bond acceptors (Lipinski definition) is 1. The fraction of sp³-hybridized carbons (Fsp3) is 0.178. The number of benzene rings is 2. The lowest BCUT2D eigenvalue weighted by atomic mass is 9.88. The molecule has 0 aromatic heterocycles. The highest BCUT2D eigenvalue weighted by molar-refractivity contribution is 5.80. The molecule has 0 radical (unpaired) electrons. The van der Waals surface area contributed by atoms with Gasteiger partial charge in [0.1, 0.15) is 0 Å². The first kappa shape index (κ1) is 35.5. The van der Waals surface area contributed by atoms with Gasteiger partial charge < -0.3 is 5.41 Å². The second-order valence-electron chi connectivity index (χ2n) is 11.3. The minimum atomic E-state index is 0.0216. The summed E-state index contributed by atoms with van der Waals surface area (Å²) in [4.78, 5) is 0. The van der Waals surface area contributed by atoms with E-state index >= 15 is 0 Å². The number of allylic oxidation sites excluding steroid dienone is 17. The molecule has 0 spiro atoms. The van der Waals surface area contributed by atoms with Crippen LogP contribution in [-0.4, -0.2) is 6.21 Å². The summed E-state index contributed by atoms with van der Waals surface area (Å²) < 4.78 is 0. The molecule has 1 unspecified atom stereocenters. The van der Waals surface area contributed by atoms with Gasteiger partial charge in [0.05, 0.1) is 0 Å². The Bertz CT molecular complexity index is 1650. The Morgan fingerprint density at radius 1 is 1.02 bits per heavy atom. The lowest BCUT2D eigenvalue weighted by Gasteiger charge is -2.17. The van der Waals surface area contributed by atoms with Gasteiger partial charge in [-0.3, -0.25) is 0 Å². The van der Waals surface area contributed by atoms with Gasteiger partial charge in [-0.05, 0) is 100 Å². The van der Waals surface area contributed by atoms with Crippen molar-refractivity contribution in [1.29, 1.82) is 5.41 Å². The van der Waals surface area contributed by atoms with Crippen LogP contribution >= 0.6 is 0 Å². The predicted octanol–water partition coefficient (Wildman–Crippen LogP) is 12.7. The van der Waals surface area contributed by atoms with Gasteiger partial charge in [0.2, 0.25) is 0 Å². The Hall–Kier alpha value is -5.01. The maximum absolute atomic E-state index is 7.74. The Morgan fingerprint density at radius 2 is 1.80 bits per heavy atom. The molecular weight excluding hydrogens is 555 g/mol. The minimum Gasteiger partial charge on any atom is -0.312 e. The van der Waals surface area contributed by atoms with E-state index < -0.39 is 0 Å². The van der Waals surface area contributed by atoms with Crippen molar-refractivity contribution in [2.75, 3.05) is 0 Å². The second-order valence-corrected chi connectivity index (χ2v) is 11.3. The largest absolute Gasteiger partial charge is 0.312 e. The summed E-state index contributed by atoms with van der Waals surface area (Å²) in [5.41, 5.74) is 12.6. The Labute approximate surface area is 278 Å². The fourth-order valence-corrected chi connectivity index (χ4v) is 5.58. The maximum Gasteiger partial charge on any atom is 0.0152 e. The highest BCUT2D eigenvalue weighted by Gasteiger charge is 2.12. The fourth-order valence-electron chi connectivity index (χ4n) is 5.58. The molecule has 0 saturated heterocycles. The molecule has 1 N–H and O–H groups in total. The molecule has 0 bridgehead atoms. The van der Waals surface area contributed by atoms with E-state index in [0.29, 0.717) is 0 Å².